The molecule has 0 aliphatic carbocycles. The third kappa shape index (κ3) is 3.57. The van der Waals surface area contributed by atoms with E-state index in [2.05, 4.69) is 5.32 Å². The van der Waals surface area contributed by atoms with Crippen molar-refractivity contribution in [3.05, 3.63) is 71.8 Å². The fourth-order valence-electron chi connectivity index (χ4n) is 2.95. The zero-order chi connectivity index (χ0) is 19.5. The molecule has 0 bridgehead atoms. The summed E-state index contributed by atoms with van der Waals surface area (Å²) in [6, 6.07) is 21.0. The largest absolute Gasteiger partial charge is 0.493 e. The van der Waals surface area contributed by atoms with Gasteiger partial charge in [-0.05, 0) is 48.5 Å². The second-order valence-corrected chi connectivity index (χ2v) is 6.55. The lowest BCUT2D eigenvalue weighted by atomic mass is 10.1. The van der Waals surface area contributed by atoms with Crippen molar-refractivity contribution in [3.8, 4) is 22.9 Å². The van der Waals surface area contributed by atoms with Crippen LogP contribution >= 0.6 is 11.6 Å². The van der Waals surface area contributed by atoms with Gasteiger partial charge in [-0.3, -0.25) is 0 Å². The van der Waals surface area contributed by atoms with E-state index in [0.29, 0.717) is 28.2 Å². The molecule has 1 aromatic heterocycles. The highest BCUT2D eigenvalue weighted by Gasteiger charge is 2.11. The summed E-state index contributed by atoms with van der Waals surface area (Å²) in [5.41, 5.74) is 2.58. The smallest absolute Gasteiger partial charge is 0.162 e. The Morgan fingerprint density at radius 2 is 1.57 bits per heavy atom. The third-order valence-electron chi connectivity index (χ3n) is 4.35. The van der Waals surface area contributed by atoms with Crippen LogP contribution in [0.5, 0.6) is 11.5 Å². The van der Waals surface area contributed by atoms with E-state index >= 15 is 0 Å². The highest BCUT2D eigenvalue weighted by atomic mass is 35.5. The molecule has 1 N–H and O–H groups in total. The van der Waals surface area contributed by atoms with Gasteiger partial charge in [0.15, 0.2) is 17.3 Å². The van der Waals surface area contributed by atoms with E-state index in [0.717, 1.165) is 22.2 Å². The number of halogens is 1. The molecule has 0 saturated heterocycles. The Morgan fingerprint density at radius 1 is 0.821 bits per heavy atom. The maximum Gasteiger partial charge on any atom is 0.162 e. The number of nitrogens with one attached hydrogen (secondary N) is 1. The number of aromatic nitrogens is 2. The van der Waals surface area contributed by atoms with Crippen molar-refractivity contribution in [2.45, 2.75) is 0 Å². The number of nitrogens with zero attached hydrogens (tertiary/aromatic N) is 2. The minimum Gasteiger partial charge on any atom is -0.493 e. The van der Waals surface area contributed by atoms with Gasteiger partial charge in [-0.15, -0.1) is 0 Å². The van der Waals surface area contributed by atoms with E-state index < -0.39 is 0 Å². The van der Waals surface area contributed by atoms with Crippen molar-refractivity contribution in [1.29, 1.82) is 0 Å². The summed E-state index contributed by atoms with van der Waals surface area (Å²) >= 11 is 6.01. The highest BCUT2D eigenvalue weighted by Crippen LogP contribution is 2.33. The van der Waals surface area contributed by atoms with Gasteiger partial charge in [0, 0.05) is 27.7 Å². The SMILES string of the molecule is COc1ccc(Nc2nc(-c3ccc(Cl)cc3)nc3ccccc23)cc1OC. The molecule has 28 heavy (non-hydrogen) atoms. The van der Waals surface area contributed by atoms with Crippen molar-refractivity contribution in [2.24, 2.45) is 0 Å². The van der Waals surface area contributed by atoms with Gasteiger partial charge in [0.2, 0.25) is 0 Å². The van der Waals surface area contributed by atoms with Gasteiger partial charge in [-0.25, -0.2) is 9.97 Å². The Labute approximate surface area is 167 Å². The minimum absolute atomic E-state index is 0.623. The molecule has 4 aromatic rings. The maximum absolute atomic E-state index is 6.01. The molecule has 6 heteroatoms. The summed E-state index contributed by atoms with van der Waals surface area (Å²) in [6.07, 6.45) is 0. The average Bonchev–Trinajstić information content (AvgIpc) is 2.74. The number of hydrogen-bond donors (Lipinski definition) is 1. The number of para-hydroxylation sites is 1. The first-order valence-corrected chi connectivity index (χ1v) is 9.07. The molecule has 1 heterocycles. The Kier molecular flexibility index (Phi) is 5.00. The molecule has 0 fully saturated rings. The number of methoxy groups -OCH3 is 2. The molecule has 0 spiro atoms. The fraction of sp³-hybridized carbons (Fsp3) is 0.0909. The molecular formula is C22H18ClN3O2. The van der Waals surface area contributed by atoms with Crippen LogP contribution < -0.4 is 14.8 Å². The molecule has 0 unspecified atom stereocenters. The van der Waals surface area contributed by atoms with Crippen LogP contribution in [0.1, 0.15) is 0 Å². The highest BCUT2D eigenvalue weighted by molar-refractivity contribution is 6.30. The first-order valence-electron chi connectivity index (χ1n) is 8.69. The molecule has 3 aromatic carbocycles. The normalized spacial score (nSPS) is 10.7. The van der Waals surface area contributed by atoms with E-state index in [1.807, 2.05) is 66.7 Å². The summed E-state index contributed by atoms with van der Waals surface area (Å²) in [4.78, 5) is 9.46. The zero-order valence-electron chi connectivity index (χ0n) is 15.4. The van der Waals surface area contributed by atoms with Gasteiger partial charge in [0.05, 0.1) is 19.7 Å². The predicted molar refractivity (Wildman–Crippen MR) is 113 cm³/mol. The van der Waals surface area contributed by atoms with Crippen LogP contribution in [0.2, 0.25) is 5.02 Å². The molecule has 0 saturated carbocycles. The third-order valence-corrected chi connectivity index (χ3v) is 4.60. The number of benzene rings is 3. The molecule has 0 amide bonds. The van der Waals surface area contributed by atoms with E-state index in [9.17, 15) is 0 Å². The summed E-state index contributed by atoms with van der Waals surface area (Å²) in [5.74, 6) is 2.65. The second kappa shape index (κ2) is 7.74. The minimum atomic E-state index is 0.623. The van der Waals surface area contributed by atoms with E-state index in [4.69, 9.17) is 31.0 Å². The molecule has 0 radical (unpaired) electrons. The molecule has 0 aliphatic heterocycles. The molecule has 4 rings (SSSR count). The van der Waals surface area contributed by atoms with Crippen LogP contribution in [0.4, 0.5) is 11.5 Å². The average molecular weight is 392 g/mol. The Balaban J connectivity index is 1.80. The zero-order valence-corrected chi connectivity index (χ0v) is 16.2. The molecule has 140 valence electrons. The molecule has 0 atom stereocenters. The lowest BCUT2D eigenvalue weighted by Crippen LogP contribution is -2.00. The Hall–Kier alpha value is -3.31. The van der Waals surface area contributed by atoms with Gasteiger partial charge in [0.1, 0.15) is 5.82 Å². The van der Waals surface area contributed by atoms with Crippen LogP contribution in [0.3, 0.4) is 0 Å². The number of rotatable bonds is 5. The summed E-state index contributed by atoms with van der Waals surface area (Å²) in [5, 5.41) is 4.98. The maximum atomic E-state index is 6.01. The van der Waals surface area contributed by atoms with Crippen LogP contribution in [0, 0.1) is 0 Å². The van der Waals surface area contributed by atoms with E-state index in [-0.39, 0.29) is 0 Å². The van der Waals surface area contributed by atoms with Crippen molar-refractivity contribution >= 4 is 34.0 Å². The standard InChI is InChI=1S/C22H18ClN3O2/c1-27-19-12-11-16(13-20(19)28-2)24-22-17-5-3-4-6-18(17)25-21(26-22)14-7-9-15(23)10-8-14/h3-13H,1-2H3,(H,24,25,26). The quantitative estimate of drug-likeness (QED) is 0.472. The van der Waals surface area contributed by atoms with Crippen LogP contribution in [0.25, 0.3) is 22.3 Å². The van der Waals surface area contributed by atoms with Crippen molar-refractivity contribution < 1.29 is 9.47 Å². The lowest BCUT2D eigenvalue weighted by Gasteiger charge is -2.13. The Morgan fingerprint density at radius 3 is 2.32 bits per heavy atom. The summed E-state index contributed by atoms with van der Waals surface area (Å²) < 4.78 is 10.7. The lowest BCUT2D eigenvalue weighted by molar-refractivity contribution is 0.355. The number of fused-ring (bicyclic) bond motifs is 1. The first kappa shape index (κ1) is 18.1. The van der Waals surface area contributed by atoms with E-state index in [1.54, 1.807) is 14.2 Å². The van der Waals surface area contributed by atoms with Crippen LogP contribution in [-0.2, 0) is 0 Å². The van der Waals surface area contributed by atoms with Gasteiger partial charge >= 0.3 is 0 Å². The summed E-state index contributed by atoms with van der Waals surface area (Å²) in [7, 11) is 3.22. The van der Waals surface area contributed by atoms with Crippen LogP contribution in [0.15, 0.2) is 66.7 Å². The van der Waals surface area contributed by atoms with Gasteiger partial charge < -0.3 is 14.8 Å². The van der Waals surface area contributed by atoms with E-state index in [1.165, 1.54) is 0 Å². The topological polar surface area (TPSA) is 56.3 Å². The molecule has 0 aliphatic rings. The molecule has 5 nitrogen and oxygen atoms in total. The number of ether oxygens (including phenoxy) is 2. The molecular weight excluding hydrogens is 374 g/mol. The monoisotopic (exact) mass is 391 g/mol. The number of anilines is 2. The van der Waals surface area contributed by atoms with Crippen molar-refractivity contribution in [3.63, 3.8) is 0 Å². The number of hydrogen-bond acceptors (Lipinski definition) is 5. The van der Waals surface area contributed by atoms with Gasteiger partial charge in [0.25, 0.3) is 0 Å². The van der Waals surface area contributed by atoms with Crippen molar-refractivity contribution in [1.82, 2.24) is 9.97 Å². The fourth-order valence-corrected chi connectivity index (χ4v) is 3.08. The first-order chi connectivity index (χ1) is 13.7. The summed E-state index contributed by atoms with van der Waals surface area (Å²) in [6.45, 7) is 0. The van der Waals surface area contributed by atoms with Gasteiger partial charge in [-0.1, -0.05) is 23.7 Å². The second-order valence-electron chi connectivity index (χ2n) is 6.11. The van der Waals surface area contributed by atoms with Crippen LogP contribution in [-0.4, -0.2) is 24.2 Å². The Bertz CT molecular complexity index is 1130. The predicted octanol–water partition coefficient (Wildman–Crippen LogP) is 5.71. The van der Waals surface area contributed by atoms with Crippen molar-refractivity contribution in [2.75, 3.05) is 19.5 Å². The van der Waals surface area contributed by atoms with Gasteiger partial charge in [-0.2, -0.15) is 0 Å².